The molecular formula is C8H11N5S. The molecule has 2 aromatic heterocycles. The highest BCUT2D eigenvalue weighted by molar-refractivity contribution is 7.99. The van der Waals surface area contributed by atoms with E-state index in [-0.39, 0.29) is 0 Å². The van der Waals surface area contributed by atoms with Crippen LogP contribution in [-0.4, -0.2) is 25.2 Å². The number of anilines is 1. The van der Waals surface area contributed by atoms with Gasteiger partial charge in [0.05, 0.1) is 0 Å². The zero-order chi connectivity index (χ0) is 10.1. The smallest absolute Gasteiger partial charge is 0.183 e. The average Bonchev–Trinajstić information content (AvgIpc) is 2.47. The number of H-pyrrole nitrogens is 1. The third kappa shape index (κ3) is 1.65. The van der Waals surface area contributed by atoms with Crippen molar-refractivity contribution in [3.8, 4) is 0 Å². The van der Waals surface area contributed by atoms with Crippen molar-refractivity contribution >= 4 is 28.7 Å². The Labute approximate surface area is 85.5 Å². The second-order valence-electron chi connectivity index (χ2n) is 3.17. The first-order valence-corrected chi connectivity index (χ1v) is 5.17. The number of nitrogens with one attached hydrogen (secondary N) is 1. The van der Waals surface area contributed by atoms with E-state index >= 15 is 0 Å². The molecule has 0 spiro atoms. The van der Waals surface area contributed by atoms with E-state index in [4.69, 9.17) is 5.73 Å². The molecule has 2 aromatic rings. The number of hydrogen-bond donors (Lipinski definition) is 2. The van der Waals surface area contributed by atoms with Crippen LogP contribution in [0.2, 0.25) is 0 Å². The van der Waals surface area contributed by atoms with Gasteiger partial charge in [-0.25, -0.2) is 15.0 Å². The number of nitrogens with two attached hydrogens (primary N) is 1. The number of aromatic nitrogens is 4. The molecule has 0 saturated heterocycles. The van der Waals surface area contributed by atoms with Gasteiger partial charge >= 0.3 is 0 Å². The van der Waals surface area contributed by atoms with E-state index in [1.807, 2.05) is 0 Å². The number of nitrogens with zero attached hydrogens (tertiary/aromatic N) is 3. The molecule has 0 unspecified atom stereocenters. The lowest BCUT2D eigenvalue weighted by Gasteiger charge is -1.97. The van der Waals surface area contributed by atoms with Crippen molar-refractivity contribution in [2.75, 3.05) is 5.73 Å². The highest BCUT2D eigenvalue weighted by Crippen LogP contribution is 2.23. The summed E-state index contributed by atoms with van der Waals surface area (Å²) in [5, 5.41) is 1.31. The van der Waals surface area contributed by atoms with Crippen LogP contribution in [-0.2, 0) is 0 Å². The van der Waals surface area contributed by atoms with Crippen molar-refractivity contribution < 1.29 is 0 Å². The number of imidazole rings is 1. The number of aromatic amines is 1. The SMILES string of the molecule is CC(C)Sc1nc2ncnc(N)c2[nH]1. The number of thioether (sulfide) groups is 1. The molecule has 0 aliphatic carbocycles. The number of rotatable bonds is 2. The van der Waals surface area contributed by atoms with Crippen LogP contribution in [0, 0.1) is 0 Å². The van der Waals surface area contributed by atoms with Crippen LogP contribution in [0.15, 0.2) is 11.5 Å². The van der Waals surface area contributed by atoms with E-state index in [9.17, 15) is 0 Å². The van der Waals surface area contributed by atoms with Gasteiger partial charge in [-0.3, -0.25) is 0 Å². The molecule has 3 N–H and O–H groups in total. The molecule has 0 aliphatic heterocycles. The molecule has 2 rings (SSSR count). The fourth-order valence-electron chi connectivity index (χ4n) is 1.10. The van der Waals surface area contributed by atoms with Crippen molar-refractivity contribution in [2.45, 2.75) is 24.3 Å². The monoisotopic (exact) mass is 209 g/mol. The molecule has 0 radical (unpaired) electrons. The predicted octanol–water partition coefficient (Wildman–Crippen LogP) is 1.44. The molecule has 2 heterocycles. The summed E-state index contributed by atoms with van der Waals surface area (Å²) >= 11 is 1.64. The summed E-state index contributed by atoms with van der Waals surface area (Å²) in [6.07, 6.45) is 1.42. The summed E-state index contributed by atoms with van der Waals surface area (Å²) in [5.41, 5.74) is 7.01. The Kier molecular flexibility index (Phi) is 2.28. The fourth-order valence-corrected chi connectivity index (χ4v) is 1.85. The number of fused-ring (bicyclic) bond motifs is 1. The molecular weight excluding hydrogens is 198 g/mol. The van der Waals surface area contributed by atoms with Crippen LogP contribution in [0.3, 0.4) is 0 Å². The first-order chi connectivity index (χ1) is 6.66. The Morgan fingerprint density at radius 3 is 2.86 bits per heavy atom. The van der Waals surface area contributed by atoms with Crippen LogP contribution in [0.4, 0.5) is 5.82 Å². The first-order valence-electron chi connectivity index (χ1n) is 4.29. The largest absolute Gasteiger partial charge is 0.382 e. The van der Waals surface area contributed by atoms with Crippen molar-refractivity contribution in [3.63, 3.8) is 0 Å². The van der Waals surface area contributed by atoms with Crippen LogP contribution in [0.5, 0.6) is 0 Å². The van der Waals surface area contributed by atoms with E-state index in [2.05, 4.69) is 33.8 Å². The highest BCUT2D eigenvalue weighted by atomic mass is 32.2. The first kappa shape index (κ1) is 9.26. The van der Waals surface area contributed by atoms with Gasteiger partial charge in [0.1, 0.15) is 11.8 Å². The summed E-state index contributed by atoms with van der Waals surface area (Å²) in [6.45, 7) is 4.21. The van der Waals surface area contributed by atoms with Gasteiger partial charge in [0.25, 0.3) is 0 Å². The Morgan fingerprint density at radius 2 is 2.21 bits per heavy atom. The molecule has 74 valence electrons. The molecule has 0 bridgehead atoms. The fraction of sp³-hybridized carbons (Fsp3) is 0.375. The summed E-state index contributed by atoms with van der Waals surface area (Å²) in [5.74, 6) is 0.443. The van der Waals surface area contributed by atoms with Gasteiger partial charge in [-0.2, -0.15) is 0 Å². The molecule has 0 saturated carbocycles. The van der Waals surface area contributed by atoms with Gasteiger partial charge in [0.15, 0.2) is 16.6 Å². The van der Waals surface area contributed by atoms with Gasteiger partial charge in [-0.1, -0.05) is 25.6 Å². The quantitative estimate of drug-likeness (QED) is 0.731. The second kappa shape index (κ2) is 3.45. The Morgan fingerprint density at radius 1 is 1.43 bits per heavy atom. The predicted molar refractivity (Wildman–Crippen MR) is 57.1 cm³/mol. The van der Waals surface area contributed by atoms with Gasteiger partial charge in [-0.15, -0.1) is 0 Å². The lowest BCUT2D eigenvalue weighted by molar-refractivity contribution is 1.04. The lowest BCUT2D eigenvalue weighted by Crippen LogP contribution is -1.91. The zero-order valence-corrected chi connectivity index (χ0v) is 8.80. The van der Waals surface area contributed by atoms with Crippen molar-refractivity contribution in [1.82, 2.24) is 19.9 Å². The topological polar surface area (TPSA) is 80.5 Å². The third-order valence-corrected chi connectivity index (χ3v) is 2.53. The van der Waals surface area contributed by atoms with Crippen LogP contribution in [0.1, 0.15) is 13.8 Å². The van der Waals surface area contributed by atoms with Gasteiger partial charge < -0.3 is 10.7 Å². The van der Waals surface area contributed by atoms with Gasteiger partial charge in [-0.05, 0) is 0 Å². The Balaban J connectivity index is 2.46. The summed E-state index contributed by atoms with van der Waals surface area (Å²) < 4.78 is 0. The van der Waals surface area contributed by atoms with E-state index in [0.29, 0.717) is 16.7 Å². The molecule has 5 nitrogen and oxygen atoms in total. The summed E-state index contributed by atoms with van der Waals surface area (Å²) in [7, 11) is 0. The minimum absolute atomic E-state index is 0.443. The molecule has 0 fully saturated rings. The molecule has 0 atom stereocenters. The minimum Gasteiger partial charge on any atom is -0.382 e. The Bertz CT molecular complexity index is 450. The number of nitrogen functional groups attached to an aromatic ring is 1. The normalized spacial score (nSPS) is 11.4. The maximum atomic E-state index is 5.67. The minimum atomic E-state index is 0.443. The molecule has 0 aliphatic rings. The molecule has 14 heavy (non-hydrogen) atoms. The van der Waals surface area contributed by atoms with E-state index in [0.717, 1.165) is 10.7 Å². The van der Waals surface area contributed by atoms with Crippen LogP contribution in [0.25, 0.3) is 11.2 Å². The second-order valence-corrected chi connectivity index (χ2v) is 4.73. The average molecular weight is 209 g/mol. The highest BCUT2D eigenvalue weighted by Gasteiger charge is 2.08. The van der Waals surface area contributed by atoms with Crippen molar-refractivity contribution in [1.29, 1.82) is 0 Å². The maximum absolute atomic E-state index is 5.67. The summed E-state index contributed by atoms with van der Waals surface area (Å²) in [6, 6.07) is 0. The van der Waals surface area contributed by atoms with Crippen LogP contribution < -0.4 is 5.73 Å². The van der Waals surface area contributed by atoms with Crippen LogP contribution >= 0.6 is 11.8 Å². The maximum Gasteiger partial charge on any atom is 0.183 e. The standard InChI is InChI=1S/C8H11N5S/c1-4(2)14-8-12-5-6(9)10-3-11-7(5)13-8/h3-4H,1-2H3,(H3,9,10,11,12,13). The van der Waals surface area contributed by atoms with E-state index in [1.165, 1.54) is 6.33 Å². The Hall–Kier alpha value is -1.30. The molecule has 6 heteroatoms. The number of hydrogen-bond acceptors (Lipinski definition) is 5. The lowest BCUT2D eigenvalue weighted by atomic mass is 10.5. The van der Waals surface area contributed by atoms with E-state index < -0.39 is 0 Å². The third-order valence-electron chi connectivity index (χ3n) is 1.64. The molecule has 0 aromatic carbocycles. The van der Waals surface area contributed by atoms with Gasteiger partial charge in [0, 0.05) is 5.25 Å². The van der Waals surface area contributed by atoms with Gasteiger partial charge in [0.2, 0.25) is 0 Å². The van der Waals surface area contributed by atoms with E-state index in [1.54, 1.807) is 11.8 Å². The summed E-state index contributed by atoms with van der Waals surface area (Å²) in [4.78, 5) is 15.3. The van der Waals surface area contributed by atoms with Crippen molar-refractivity contribution in [3.05, 3.63) is 6.33 Å². The zero-order valence-electron chi connectivity index (χ0n) is 7.98. The van der Waals surface area contributed by atoms with Crippen molar-refractivity contribution in [2.24, 2.45) is 0 Å². The molecule has 0 amide bonds.